The minimum Gasteiger partial charge on any atom is -0.484 e. The van der Waals surface area contributed by atoms with E-state index in [2.05, 4.69) is 15.4 Å². The van der Waals surface area contributed by atoms with E-state index in [0.29, 0.717) is 6.61 Å². The number of ether oxygens (including phenoxy) is 2. The Morgan fingerprint density at radius 3 is 2.61 bits per heavy atom. The van der Waals surface area contributed by atoms with Gasteiger partial charge in [-0.15, -0.1) is 0 Å². The van der Waals surface area contributed by atoms with E-state index in [0.717, 1.165) is 12.0 Å². The van der Waals surface area contributed by atoms with Crippen LogP contribution in [0.1, 0.15) is 18.9 Å². The maximum atomic E-state index is 12.0. The van der Waals surface area contributed by atoms with E-state index in [1.165, 1.54) is 12.1 Å². The van der Waals surface area contributed by atoms with E-state index in [-0.39, 0.29) is 30.5 Å². The number of benzene rings is 1. The van der Waals surface area contributed by atoms with Crippen LogP contribution in [-0.2, 0) is 11.3 Å². The molecule has 128 valence electrons. The van der Waals surface area contributed by atoms with Crippen molar-refractivity contribution >= 4 is 6.03 Å². The minimum absolute atomic E-state index is 0.00635. The van der Waals surface area contributed by atoms with Gasteiger partial charge in [-0.05, 0) is 31.0 Å². The molecule has 0 radical (unpaired) electrons. The Kier molecular flexibility index (Phi) is 5.70. The van der Waals surface area contributed by atoms with Crippen molar-refractivity contribution in [2.75, 3.05) is 13.2 Å². The summed E-state index contributed by atoms with van der Waals surface area (Å²) >= 11 is 0. The number of amides is 2. The van der Waals surface area contributed by atoms with Gasteiger partial charge >= 0.3 is 12.2 Å². The van der Waals surface area contributed by atoms with E-state index in [9.17, 15) is 18.0 Å². The first-order valence-electron chi connectivity index (χ1n) is 7.28. The van der Waals surface area contributed by atoms with Crippen molar-refractivity contribution in [1.29, 1.82) is 0 Å². The predicted molar refractivity (Wildman–Crippen MR) is 77.2 cm³/mol. The smallest absolute Gasteiger partial charge is 0.422 e. The molecule has 23 heavy (non-hydrogen) atoms. The number of nitrogens with one attached hydrogen (secondary N) is 2. The molecule has 8 heteroatoms. The van der Waals surface area contributed by atoms with Gasteiger partial charge in [-0.3, -0.25) is 0 Å². The molecule has 0 aliphatic carbocycles. The molecule has 1 aliphatic rings. The number of halogens is 3. The summed E-state index contributed by atoms with van der Waals surface area (Å²) in [5.41, 5.74) is 0.759. The highest BCUT2D eigenvalue weighted by Gasteiger charge is 2.28. The molecular formula is C15H19F3N2O3. The van der Waals surface area contributed by atoms with Gasteiger partial charge in [-0.25, -0.2) is 4.79 Å². The van der Waals surface area contributed by atoms with Crippen LogP contribution in [0.2, 0.25) is 0 Å². The van der Waals surface area contributed by atoms with E-state index in [1.807, 2.05) is 6.92 Å². The molecule has 1 aromatic rings. The van der Waals surface area contributed by atoms with Gasteiger partial charge in [-0.2, -0.15) is 13.2 Å². The molecule has 0 bridgehead atoms. The lowest BCUT2D eigenvalue weighted by Gasteiger charge is -2.16. The molecule has 1 saturated heterocycles. The Bertz CT molecular complexity index is 520. The van der Waals surface area contributed by atoms with E-state index < -0.39 is 12.8 Å². The maximum Gasteiger partial charge on any atom is 0.422 e. The molecule has 1 fully saturated rings. The van der Waals surface area contributed by atoms with Crippen molar-refractivity contribution in [3.8, 4) is 5.75 Å². The van der Waals surface area contributed by atoms with Crippen LogP contribution < -0.4 is 15.4 Å². The Balaban J connectivity index is 1.74. The Labute approximate surface area is 132 Å². The first kappa shape index (κ1) is 17.4. The summed E-state index contributed by atoms with van der Waals surface area (Å²) in [5, 5.41) is 5.52. The molecule has 1 aliphatic heterocycles. The highest BCUT2D eigenvalue weighted by atomic mass is 19.4. The average Bonchev–Trinajstić information content (AvgIpc) is 2.88. The molecule has 2 unspecified atom stereocenters. The molecule has 0 spiro atoms. The van der Waals surface area contributed by atoms with E-state index >= 15 is 0 Å². The summed E-state index contributed by atoms with van der Waals surface area (Å²) in [6, 6.07) is 5.78. The number of rotatable bonds is 5. The van der Waals surface area contributed by atoms with Crippen molar-refractivity contribution in [1.82, 2.24) is 10.6 Å². The van der Waals surface area contributed by atoms with Crippen molar-refractivity contribution in [3.05, 3.63) is 29.8 Å². The second-order valence-electron chi connectivity index (χ2n) is 5.35. The fraction of sp³-hybridized carbons (Fsp3) is 0.533. The molecule has 2 N–H and O–H groups in total. The van der Waals surface area contributed by atoms with Crippen LogP contribution in [0, 0.1) is 0 Å². The first-order chi connectivity index (χ1) is 10.8. The third kappa shape index (κ3) is 5.97. The van der Waals surface area contributed by atoms with Crippen LogP contribution >= 0.6 is 0 Å². The summed E-state index contributed by atoms with van der Waals surface area (Å²) < 4.78 is 46.1. The molecule has 2 amide bonds. The van der Waals surface area contributed by atoms with Crippen LogP contribution in [0.4, 0.5) is 18.0 Å². The van der Waals surface area contributed by atoms with Crippen molar-refractivity contribution in [2.24, 2.45) is 0 Å². The van der Waals surface area contributed by atoms with Gasteiger partial charge in [0.15, 0.2) is 6.61 Å². The lowest BCUT2D eigenvalue weighted by Crippen LogP contribution is -2.44. The topological polar surface area (TPSA) is 59.6 Å². The van der Waals surface area contributed by atoms with E-state index in [4.69, 9.17) is 4.74 Å². The number of urea groups is 1. The fourth-order valence-corrected chi connectivity index (χ4v) is 2.19. The van der Waals surface area contributed by atoms with Gasteiger partial charge in [0, 0.05) is 13.2 Å². The van der Waals surface area contributed by atoms with Crippen molar-refractivity contribution < 1.29 is 27.4 Å². The molecule has 5 nitrogen and oxygen atoms in total. The second kappa shape index (κ2) is 7.54. The predicted octanol–water partition coefficient (Wildman–Crippen LogP) is 2.60. The zero-order valence-electron chi connectivity index (χ0n) is 12.7. The summed E-state index contributed by atoms with van der Waals surface area (Å²) in [4.78, 5) is 11.8. The Morgan fingerprint density at radius 2 is 2.04 bits per heavy atom. The number of carbonyl (C=O) groups excluding carboxylic acids is 1. The summed E-state index contributed by atoms with van der Waals surface area (Å²) in [6.45, 7) is 1.48. The number of carbonyl (C=O) groups is 1. The molecular weight excluding hydrogens is 313 g/mol. The highest BCUT2D eigenvalue weighted by Crippen LogP contribution is 2.18. The van der Waals surface area contributed by atoms with Crippen LogP contribution in [0.25, 0.3) is 0 Å². The molecule has 1 heterocycles. The molecule has 1 aromatic carbocycles. The summed E-state index contributed by atoms with van der Waals surface area (Å²) in [5.74, 6) is 0.132. The fourth-order valence-electron chi connectivity index (χ4n) is 2.19. The van der Waals surface area contributed by atoms with Gasteiger partial charge < -0.3 is 20.1 Å². The summed E-state index contributed by atoms with van der Waals surface area (Å²) in [7, 11) is 0. The second-order valence-corrected chi connectivity index (χ2v) is 5.35. The molecule has 0 saturated carbocycles. The third-order valence-electron chi connectivity index (χ3n) is 3.47. The number of alkyl halides is 3. The lowest BCUT2D eigenvalue weighted by molar-refractivity contribution is -0.153. The minimum atomic E-state index is -4.36. The SMILES string of the molecule is CC1OCCC1NC(=O)NCc1ccc(OCC(F)(F)F)cc1. The molecule has 2 rings (SSSR count). The highest BCUT2D eigenvalue weighted by molar-refractivity contribution is 5.74. The van der Waals surface area contributed by atoms with Crippen LogP contribution in [0.15, 0.2) is 24.3 Å². The van der Waals surface area contributed by atoms with Gasteiger partial charge in [0.05, 0.1) is 12.1 Å². The zero-order valence-corrected chi connectivity index (χ0v) is 12.7. The Hall–Kier alpha value is -1.96. The Morgan fingerprint density at radius 1 is 1.35 bits per heavy atom. The molecule has 2 atom stereocenters. The normalized spacial score (nSPS) is 21.0. The average molecular weight is 332 g/mol. The number of hydrogen-bond donors (Lipinski definition) is 2. The van der Waals surface area contributed by atoms with Gasteiger partial charge in [-0.1, -0.05) is 12.1 Å². The van der Waals surface area contributed by atoms with Gasteiger partial charge in [0.2, 0.25) is 0 Å². The standard InChI is InChI=1S/C15H19F3N2O3/c1-10-13(6-7-22-10)20-14(21)19-8-11-2-4-12(5-3-11)23-9-15(16,17)18/h2-5,10,13H,6-9H2,1H3,(H2,19,20,21). The van der Waals surface area contributed by atoms with Crippen molar-refractivity contribution in [2.45, 2.75) is 38.2 Å². The van der Waals surface area contributed by atoms with Gasteiger partial charge in [0.1, 0.15) is 5.75 Å². The van der Waals surface area contributed by atoms with Crippen molar-refractivity contribution in [3.63, 3.8) is 0 Å². The van der Waals surface area contributed by atoms with Crippen LogP contribution in [-0.4, -0.2) is 37.6 Å². The maximum absolute atomic E-state index is 12.0. The van der Waals surface area contributed by atoms with Gasteiger partial charge in [0.25, 0.3) is 0 Å². The largest absolute Gasteiger partial charge is 0.484 e. The van der Waals surface area contributed by atoms with Crippen LogP contribution in [0.3, 0.4) is 0 Å². The first-order valence-corrected chi connectivity index (χ1v) is 7.28. The summed E-state index contributed by atoms with van der Waals surface area (Å²) in [6.07, 6.45) is -3.59. The van der Waals surface area contributed by atoms with Crippen LogP contribution in [0.5, 0.6) is 5.75 Å². The molecule has 0 aromatic heterocycles. The third-order valence-corrected chi connectivity index (χ3v) is 3.47. The monoisotopic (exact) mass is 332 g/mol. The lowest BCUT2D eigenvalue weighted by atomic mass is 10.2. The quantitative estimate of drug-likeness (QED) is 0.871. The zero-order chi connectivity index (χ0) is 16.9. The van der Waals surface area contributed by atoms with E-state index in [1.54, 1.807) is 12.1 Å². The number of hydrogen-bond acceptors (Lipinski definition) is 3.